The first-order chi connectivity index (χ1) is 8.45. The largest absolute Gasteiger partial charge is 0.394 e. The number of carbonyl (C=O) groups excluding carboxylic acids is 2. The normalized spacial score (nSPS) is 21.8. The fourth-order valence-electron chi connectivity index (χ4n) is 1.96. The Bertz CT molecular complexity index is 306. The van der Waals surface area contributed by atoms with Crippen molar-refractivity contribution in [3.63, 3.8) is 0 Å². The maximum absolute atomic E-state index is 12.3. The molecular formula is C12H22N2O4. The monoisotopic (exact) mass is 258 g/mol. The van der Waals surface area contributed by atoms with Crippen LogP contribution < -0.4 is 5.32 Å². The number of hydrogen-bond acceptors (Lipinski definition) is 4. The van der Waals surface area contributed by atoms with Gasteiger partial charge >= 0.3 is 0 Å². The zero-order valence-corrected chi connectivity index (χ0v) is 11.2. The van der Waals surface area contributed by atoms with Crippen molar-refractivity contribution in [3.05, 3.63) is 0 Å². The smallest absolute Gasteiger partial charge is 0.245 e. The summed E-state index contributed by atoms with van der Waals surface area (Å²) in [5.41, 5.74) is 0. The molecule has 6 heteroatoms. The lowest BCUT2D eigenvalue weighted by Gasteiger charge is -2.35. The lowest BCUT2D eigenvalue weighted by Crippen LogP contribution is -2.55. The third-order valence-electron chi connectivity index (χ3n) is 2.95. The highest BCUT2D eigenvalue weighted by Gasteiger charge is 2.31. The number of ether oxygens (including phenoxy) is 1. The van der Waals surface area contributed by atoms with Crippen LogP contribution in [-0.2, 0) is 14.3 Å². The average molecular weight is 258 g/mol. The fourth-order valence-corrected chi connectivity index (χ4v) is 1.96. The Labute approximate surface area is 107 Å². The first-order valence-electron chi connectivity index (χ1n) is 6.24. The van der Waals surface area contributed by atoms with Crippen molar-refractivity contribution >= 4 is 11.8 Å². The Morgan fingerprint density at radius 3 is 2.67 bits per heavy atom. The summed E-state index contributed by atoms with van der Waals surface area (Å²) in [6.45, 7) is 6.37. The lowest BCUT2D eigenvalue weighted by molar-refractivity contribution is -0.145. The van der Waals surface area contributed by atoms with Gasteiger partial charge < -0.3 is 20.1 Å². The van der Waals surface area contributed by atoms with Crippen LogP contribution in [0.2, 0.25) is 0 Å². The quantitative estimate of drug-likeness (QED) is 0.703. The van der Waals surface area contributed by atoms with Crippen molar-refractivity contribution in [2.75, 3.05) is 26.3 Å². The second-order valence-corrected chi connectivity index (χ2v) is 4.88. The van der Waals surface area contributed by atoms with Crippen molar-refractivity contribution in [2.24, 2.45) is 5.92 Å². The van der Waals surface area contributed by atoms with Crippen LogP contribution in [0.1, 0.15) is 20.8 Å². The molecule has 1 aliphatic rings. The molecule has 0 spiro atoms. The highest BCUT2D eigenvalue weighted by atomic mass is 16.5. The van der Waals surface area contributed by atoms with E-state index in [2.05, 4.69) is 5.32 Å². The van der Waals surface area contributed by atoms with Gasteiger partial charge in [-0.15, -0.1) is 0 Å². The number of carbonyl (C=O) groups is 2. The minimum Gasteiger partial charge on any atom is -0.394 e. The summed E-state index contributed by atoms with van der Waals surface area (Å²) in [7, 11) is 0. The van der Waals surface area contributed by atoms with Gasteiger partial charge in [-0.25, -0.2) is 0 Å². The van der Waals surface area contributed by atoms with E-state index < -0.39 is 6.04 Å². The number of rotatable bonds is 4. The predicted molar refractivity (Wildman–Crippen MR) is 65.8 cm³/mol. The third-order valence-corrected chi connectivity index (χ3v) is 2.95. The number of nitrogens with one attached hydrogen (secondary N) is 1. The summed E-state index contributed by atoms with van der Waals surface area (Å²) < 4.78 is 5.30. The summed E-state index contributed by atoms with van der Waals surface area (Å²) in [5, 5.41) is 11.7. The van der Waals surface area contributed by atoms with E-state index in [1.165, 1.54) is 6.92 Å². The van der Waals surface area contributed by atoms with Crippen molar-refractivity contribution < 1.29 is 19.4 Å². The summed E-state index contributed by atoms with van der Waals surface area (Å²) in [6.07, 6.45) is -0.326. The third kappa shape index (κ3) is 3.96. The molecule has 1 fully saturated rings. The predicted octanol–water partition coefficient (Wildman–Crippen LogP) is -0.633. The Morgan fingerprint density at radius 1 is 1.50 bits per heavy atom. The number of amides is 2. The molecule has 0 aromatic carbocycles. The molecule has 1 saturated heterocycles. The molecule has 2 atom stereocenters. The van der Waals surface area contributed by atoms with Gasteiger partial charge in [0.1, 0.15) is 6.04 Å². The van der Waals surface area contributed by atoms with Crippen LogP contribution in [0.5, 0.6) is 0 Å². The molecule has 0 radical (unpaired) electrons. The van der Waals surface area contributed by atoms with E-state index in [0.29, 0.717) is 19.7 Å². The van der Waals surface area contributed by atoms with Crippen LogP contribution in [0.4, 0.5) is 0 Å². The maximum Gasteiger partial charge on any atom is 0.245 e. The van der Waals surface area contributed by atoms with Crippen LogP contribution in [0, 0.1) is 5.92 Å². The van der Waals surface area contributed by atoms with Crippen LogP contribution in [0.3, 0.4) is 0 Å². The van der Waals surface area contributed by atoms with E-state index >= 15 is 0 Å². The van der Waals surface area contributed by atoms with Gasteiger partial charge in [-0.2, -0.15) is 0 Å². The molecule has 2 amide bonds. The molecule has 1 aliphatic heterocycles. The molecule has 18 heavy (non-hydrogen) atoms. The summed E-state index contributed by atoms with van der Waals surface area (Å²) in [5.74, 6) is -0.298. The van der Waals surface area contributed by atoms with Gasteiger partial charge in [0.05, 0.1) is 19.3 Å². The van der Waals surface area contributed by atoms with Crippen molar-refractivity contribution in [3.8, 4) is 0 Å². The molecule has 1 rings (SSSR count). The molecule has 0 aromatic rings. The number of morpholine rings is 1. The van der Waals surface area contributed by atoms with Crippen molar-refractivity contribution in [1.82, 2.24) is 10.2 Å². The summed E-state index contributed by atoms with van der Waals surface area (Å²) >= 11 is 0. The van der Waals surface area contributed by atoms with E-state index in [4.69, 9.17) is 9.84 Å². The topological polar surface area (TPSA) is 78.9 Å². The zero-order chi connectivity index (χ0) is 13.7. The SMILES string of the molecule is CC(=O)NC(C(=O)N1CCOC(CO)C1)C(C)C. The minimum absolute atomic E-state index is 0.0248. The first kappa shape index (κ1) is 14.9. The van der Waals surface area contributed by atoms with E-state index in [9.17, 15) is 9.59 Å². The molecular weight excluding hydrogens is 236 g/mol. The lowest BCUT2D eigenvalue weighted by atomic mass is 10.0. The van der Waals surface area contributed by atoms with Gasteiger partial charge in [0.15, 0.2) is 0 Å². The van der Waals surface area contributed by atoms with Crippen molar-refractivity contribution in [2.45, 2.75) is 32.9 Å². The zero-order valence-electron chi connectivity index (χ0n) is 11.2. The Kier molecular flexibility index (Phi) is 5.55. The van der Waals surface area contributed by atoms with Crippen LogP contribution >= 0.6 is 0 Å². The number of hydrogen-bond donors (Lipinski definition) is 2. The molecule has 2 unspecified atom stereocenters. The van der Waals surface area contributed by atoms with Crippen LogP contribution in [0.15, 0.2) is 0 Å². The Morgan fingerprint density at radius 2 is 2.17 bits per heavy atom. The molecule has 0 aromatic heterocycles. The van der Waals surface area contributed by atoms with E-state index in [1.807, 2.05) is 13.8 Å². The Hall–Kier alpha value is -1.14. The second-order valence-electron chi connectivity index (χ2n) is 4.88. The Balaban J connectivity index is 2.67. The molecule has 6 nitrogen and oxygen atoms in total. The van der Waals surface area contributed by atoms with Gasteiger partial charge in [-0.3, -0.25) is 9.59 Å². The first-order valence-corrected chi connectivity index (χ1v) is 6.24. The van der Waals surface area contributed by atoms with Gasteiger partial charge in [-0.05, 0) is 5.92 Å². The summed E-state index contributed by atoms with van der Waals surface area (Å²) in [6, 6.07) is -0.514. The van der Waals surface area contributed by atoms with E-state index in [1.54, 1.807) is 4.90 Å². The molecule has 104 valence electrons. The number of aliphatic hydroxyl groups excluding tert-OH is 1. The fraction of sp³-hybridized carbons (Fsp3) is 0.833. The van der Waals surface area contributed by atoms with Crippen LogP contribution in [0.25, 0.3) is 0 Å². The van der Waals surface area contributed by atoms with E-state index in [0.717, 1.165) is 0 Å². The molecule has 2 N–H and O–H groups in total. The van der Waals surface area contributed by atoms with Gasteiger partial charge in [-0.1, -0.05) is 13.8 Å². The molecule has 0 bridgehead atoms. The van der Waals surface area contributed by atoms with Gasteiger partial charge in [0, 0.05) is 20.0 Å². The highest BCUT2D eigenvalue weighted by molar-refractivity contribution is 5.87. The number of aliphatic hydroxyl groups is 1. The highest BCUT2D eigenvalue weighted by Crippen LogP contribution is 2.11. The molecule has 0 aliphatic carbocycles. The number of nitrogens with zero attached hydrogens (tertiary/aromatic N) is 1. The molecule has 1 heterocycles. The summed E-state index contributed by atoms with van der Waals surface area (Å²) in [4.78, 5) is 25.1. The molecule has 0 saturated carbocycles. The van der Waals surface area contributed by atoms with Crippen LogP contribution in [-0.4, -0.2) is 60.3 Å². The van der Waals surface area contributed by atoms with Crippen molar-refractivity contribution in [1.29, 1.82) is 0 Å². The second kappa shape index (κ2) is 6.70. The standard InChI is InChI=1S/C12H22N2O4/c1-8(2)11(13-9(3)16)12(17)14-4-5-18-10(6-14)7-15/h8,10-11,15H,4-7H2,1-3H3,(H,13,16). The van der Waals surface area contributed by atoms with Gasteiger partial charge in [0.25, 0.3) is 0 Å². The van der Waals surface area contributed by atoms with E-state index in [-0.39, 0.29) is 30.4 Å². The maximum atomic E-state index is 12.3. The average Bonchev–Trinajstić information content (AvgIpc) is 2.34. The minimum atomic E-state index is -0.514. The van der Waals surface area contributed by atoms with Gasteiger partial charge in [0.2, 0.25) is 11.8 Å².